The Bertz CT molecular complexity index is 614. The highest BCUT2D eigenvalue weighted by Gasteiger charge is 2.29. The van der Waals surface area contributed by atoms with E-state index in [4.69, 9.17) is 4.98 Å². The smallest absolute Gasteiger partial charge is 0.107 e. The second kappa shape index (κ2) is 6.16. The fraction of sp³-hybridized carbons (Fsp3) is 0.588. The highest BCUT2D eigenvalue weighted by atomic mass is 15.3. The van der Waals surface area contributed by atoms with Gasteiger partial charge in [-0.2, -0.15) is 5.10 Å². The van der Waals surface area contributed by atoms with Gasteiger partial charge in [0.2, 0.25) is 0 Å². The van der Waals surface area contributed by atoms with Gasteiger partial charge in [-0.3, -0.25) is 19.5 Å². The Labute approximate surface area is 132 Å². The first kappa shape index (κ1) is 15.2. The van der Waals surface area contributed by atoms with Gasteiger partial charge in [-0.1, -0.05) is 0 Å². The molecule has 0 radical (unpaired) electrons. The van der Waals surface area contributed by atoms with Crippen LogP contribution in [0.5, 0.6) is 0 Å². The molecule has 0 spiro atoms. The molecule has 0 bridgehead atoms. The van der Waals surface area contributed by atoms with Gasteiger partial charge >= 0.3 is 0 Å². The van der Waals surface area contributed by atoms with Gasteiger partial charge in [-0.05, 0) is 53.1 Å². The van der Waals surface area contributed by atoms with Gasteiger partial charge in [0, 0.05) is 18.3 Å². The minimum Gasteiger partial charge on any atom is -0.292 e. The molecule has 0 aromatic carbocycles. The van der Waals surface area contributed by atoms with Gasteiger partial charge < -0.3 is 0 Å². The van der Waals surface area contributed by atoms with Crippen LogP contribution in [0.25, 0.3) is 11.4 Å². The molecule has 5 nitrogen and oxygen atoms in total. The van der Waals surface area contributed by atoms with E-state index in [-0.39, 0.29) is 0 Å². The maximum atomic E-state index is 4.70. The van der Waals surface area contributed by atoms with Crippen molar-refractivity contribution in [1.82, 2.24) is 24.6 Å². The largest absolute Gasteiger partial charge is 0.292 e. The molecule has 0 unspecified atom stereocenters. The molecule has 0 amide bonds. The lowest BCUT2D eigenvalue weighted by Gasteiger charge is -2.27. The van der Waals surface area contributed by atoms with Crippen molar-refractivity contribution in [1.29, 1.82) is 0 Å². The van der Waals surface area contributed by atoms with E-state index in [0.29, 0.717) is 18.1 Å². The molecule has 118 valence electrons. The lowest BCUT2D eigenvalue weighted by Crippen LogP contribution is -2.30. The number of hydrogen-bond donors (Lipinski definition) is 0. The van der Waals surface area contributed by atoms with Crippen molar-refractivity contribution < 1.29 is 0 Å². The molecule has 1 fully saturated rings. The highest BCUT2D eigenvalue weighted by Crippen LogP contribution is 2.32. The molecule has 1 aliphatic rings. The maximum Gasteiger partial charge on any atom is 0.107 e. The summed E-state index contributed by atoms with van der Waals surface area (Å²) in [5.41, 5.74) is 3.01. The third-order valence-corrected chi connectivity index (χ3v) is 4.39. The summed E-state index contributed by atoms with van der Waals surface area (Å²) in [5, 5.41) is 4.37. The van der Waals surface area contributed by atoms with Crippen LogP contribution in [0.2, 0.25) is 0 Å². The molecular formula is C17H25N5. The fourth-order valence-corrected chi connectivity index (χ4v) is 3.30. The third kappa shape index (κ3) is 2.77. The van der Waals surface area contributed by atoms with Crippen LogP contribution in [-0.4, -0.2) is 37.2 Å². The molecule has 0 aliphatic carbocycles. The topological polar surface area (TPSA) is 46.8 Å². The average molecular weight is 299 g/mol. The summed E-state index contributed by atoms with van der Waals surface area (Å²) in [4.78, 5) is 11.9. The van der Waals surface area contributed by atoms with Crippen molar-refractivity contribution in [3.05, 3.63) is 30.4 Å². The molecule has 22 heavy (non-hydrogen) atoms. The Balaban J connectivity index is 1.85. The molecule has 1 atom stereocenters. The average Bonchev–Trinajstić information content (AvgIpc) is 3.16. The molecule has 5 heteroatoms. The number of rotatable bonds is 4. The van der Waals surface area contributed by atoms with Crippen LogP contribution >= 0.6 is 0 Å². The predicted octanol–water partition coefficient (Wildman–Crippen LogP) is 3.47. The van der Waals surface area contributed by atoms with Crippen LogP contribution in [0.15, 0.2) is 24.7 Å². The number of hydrogen-bond acceptors (Lipinski definition) is 4. The van der Waals surface area contributed by atoms with Gasteiger partial charge in [0.1, 0.15) is 5.69 Å². The summed E-state index contributed by atoms with van der Waals surface area (Å²) in [7, 11) is 0. The second-order valence-electron chi connectivity index (χ2n) is 6.57. The molecular weight excluding hydrogens is 274 g/mol. The zero-order chi connectivity index (χ0) is 15.7. The quantitative estimate of drug-likeness (QED) is 0.867. The molecule has 0 saturated carbocycles. The SMILES string of the molecule is CC(C)N1CCC[C@H]1c1cnc(-c2ccnn2C(C)C)cn1. The summed E-state index contributed by atoms with van der Waals surface area (Å²) in [5.74, 6) is 0. The number of nitrogens with zero attached hydrogens (tertiary/aromatic N) is 5. The Morgan fingerprint density at radius 3 is 2.55 bits per heavy atom. The van der Waals surface area contributed by atoms with Crippen molar-refractivity contribution >= 4 is 0 Å². The summed E-state index contributed by atoms with van der Waals surface area (Å²) >= 11 is 0. The van der Waals surface area contributed by atoms with Crippen molar-refractivity contribution in [3.63, 3.8) is 0 Å². The fourth-order valence-electron chi connectivity index (χ4n) is 3.30. The first-order chi connectivity index (χ1) is 10.6. The van der Waals surface area contributed by atoms with E-state index in [1.165, 1.54) is 12.8 Å². The number of likely N-dealkylation sites (tertiary alicyclic amines) is 1. The van der Waals surface area contributed by atoms with Crippen molar-refractivity contribution in [2.24, 2.45) is 0 Å². The highest BCUT2D eigenvalue weighted by molar-refractivity contribution is 5.52. The molecule has 1 saturated heterocycles. The zero-order valence-electron chi connectivity index (χ0n) is 13.9. The summed E-state index contributed by atoms with van der Waals surface area (Å²) in [6.45, 7) is 9.91. The van der Waals surface area contributed by atoms with Crippen LogP contribution < -0.4 is 0 Å². The van der Waals surface area contributed by atoms with Crippen LogP contribution in [0, 0.1) is 0 Å². The van der Waals surface area contributed by atoms with E-state index in [0.717, 1.165) is 23.6 Å². The molecule has 2 aromatic rings. The third-order valence-electron chi connectivity index (χ3n) is 4.39. The van der Waals surface area contributed by atoms with E-state index in [1.54, 1.807) is 0 Å². The molecule has 0 N–H and O–H groups in total. The van der Waals surface area contributed by atoms with E-state index in [2.05, 4.69) is 42.7 Å². The molecule has 3 rings (SSSR count). The van der Waals surface area contributed by atoms with Gasteiger partial charge in [-0.15, -0.1) is 0 Å². The van der Waals surface area contributed by atoms with E-state index >= 15 is 0 Å². The predicted molar refractivity (Wildman–Crippen MR) is 87.5 cm³/mol. The summed E-state index contributed by atoms with van der Waals surface area (Å²) in [6, 6.07) is 3.28. The minimum absolute atomic E-state index is 0.317. The van der Waals surface area contributed by atoms with Crippen LogP contribution in [0.1, 0.15) is 58.3 Å². The lowest BCUT2D eigenvalue weighted by molar-refractivity contribution is 0.202. The van der Waals surface area contributed by atoms with Gasteiger partial charge in [0.15, 0.2) is 0 Å². The first-order valence-electron chi connectivity index (χ1n) is 8.19. The van der Waals surface area contributed by atoms with Crippen molar-refractivity contribution in [2.75, 3.05) is 6.54 Å². The second-order valence-corrected chi connectivity index (χ2v) is 6.57. The first-order valence-corrected chi connectivity index (χ1v) is 8.19. The van der Waals surface area contributed by atoms with E-state index < -0.39 is 0 Å². The Morgan fingerprint density at radius 1 is 1.09 bits per heavy atom. The van der Waals surface area contributed by atoms with Crippen LogP contribution in [-0.2, 0) is 0 Å². The van der Waals surface area contributed by atoms with E-state index in [9.17, 15) is 0 Å². The molecule has 1 aliphatic heterocycles. The summed E-state index contributed by atoms with van der Waals surface area (Å²) < 4.78 is 1.99. The van der Waals surface area contributed by atoms with E-state index in [1.807, 2.05) is 29.3 Å². The maximum absolute atomic E-state index is 4.70. The standard InChI is InChI=1S/C17H25N5/c1-12(2)21-9-5-6-16(21)14-10-19-15(11-18-14)17-7-8-20-22(17)13(3)4/h7-8,10-13,16H,5-6,9H2,1-4H3/t16-/m0/s1. The van der Waals surface area contributed by atoms with Crippen LogP contribution in [0.3, 0.4) is 0 Å². The molecule has 3 heterocycles. The van der Waals surface area contributed by atoms with Crippen molar-refractivity contribution in [2.45, 2.75) is 58.7 Å². The monoisotopic (exact) mass is 299 g/mol. The Morgan fingerprint density at radius 2 is 1.91 bits per heavy atom. The normalized spacial score (nSPS) is 19.5. The molecule has 2 aromatic heterocycles. The van der Waals surface area contributed by atoms with Crippen LogP contribution in [0.4, 0.5) is 0 Å². The lowest BCUT2D eigenvalue weighted by atomic mass is 10.1. The minimum atomic E-state index is 0.317. The van der Waals surface area contributed by atoms with Crippen molar-refractivity contribution in [3.8, 4) is 11.4 Å². The van der Waals surface area contributed by atoms with Gasteiger partial charge in [0.25, 0.3) is 0 Å². The Hall–Kier alpha value is -1.75. The Kier molecular flexibility index (Phi) is 4.25. The number of aromatic nitrogens is 4. The van der Waals surface area contributed by atoms with Gasteiger partial charge in [-0.25, -0.2) is 0 Å². The zero-order valence-corrected chi connectivity index (χ0v) is 13.9. The summed E-state index contributed by atoms with van der Waals surface area (Å²) in [6.07, 6.45) is 8.07. The van der Waals surface area contributed by atoms with Gasteiger partial charge in [0.05, 0.1) is 29.8 Å².